The zero-order valence-corrected chi connectivity index (χ0v) is 17.8. The molecule has 4 heteroatoms. The molecule has 0 aromatic heterocycles. The van der Waals surface area contributed by atoms with Crippen LogP contribution in [0.2, 0.25) is 0 Å². The fourth-order valence-electron chi connectivity index (χ4n) is 8.14. The van der Waals surface area contributed by atoms with Gasteiger partial charge in [-0.25, -0.2) is 0 Å². The van der Waals surface area contributed by atoms with Gasteiger partial charge in [-0.1, -0.05) is 38.5 Å². The number of carbonyl (C=O) groups is 2. The number of rotatable bonds is 2. The molecule has 4 spiro atoms. The minimum atomic E-state index is -0.480. The van der Waals surface area contributed by atoms with E-state index in [1.54, 1.807) is 0 Å². The zero-order chi connectivity index (χ0) is 19.7. The molecule has 0 unspecified atom stereocenters. The van der Waals surface area contributed by atoms with Crippen molar-refractivity contribution in [2.24, 2.45) is 11.8 Å². The quantitative estimate of drug-likeness (QED) is 0.608. The molecule has 0 bridgehead atoms. The van der Waals surface area contributed by atoms with E-state index in [4.69, 9.17) is 9.47 Å². The first-order valence-electron chi connectivity index (χ1n) is 12.6. The predicted molar refractivity (Wildman–Crippen MR) is 109 cm³/mol. The van der Waals surface area contributed by atoms with Crippen molar-refractivity contribution in [3.8, 4) is 0 Å². The molecule has 6 fully saturated rings. The first-order valence-corrected chi connectivity index (χ1v) is 12.6. The summed E-state index contributed by atoms with van der Waals surface area (Å²) < 4.78 is 12.6. The molecule has 6 rings (SSSR count). The van der Waals surface area contributed by atoms with Gasteiger partial charge in [0.15, 0.2) is 22.8 Å². The molecule has 6 aliphatic rings. The summed E-state index contributed by atoms with van der Waals surface area (Å²) in [5, 5.41) is 0. The molecule has 0 aromatic rings. The Bertz CT molecular complexity index is 656. The van der Waals surface area contributed by atoms with Crippen molar-refractivity contribution in [1.29, 1.82) is 0 Å². The average Bonchev–Trinajstić information content (AvgIpc) is 3.56. The maximum atomic E-state index is 13.6. The number of carbonyl (C=O) groups excluding carboxylic acids is 2. The van der Waals surface area contributed by atoms with Gasteiger partial charge in [0.1, 0.15) is 11.2 Å². The second-order valence-electron chi connectivity index (χ2n) is 11.1. The Balaban J connectivity index is 1.17. The fraction of sp³-hybridized carbons (Fsp3) is 0.920. The molecule has 160 valence electrons. The topological polar surface area (TPSA) is 59.2 Å². The smallest absolute Gasteiger partial charge is 0.170 e. The van der Waals surface area contributed by atoms with Crippen LogP contribution in [0.5, 0.6) is 0 Å². The third kappa shape index (κ3) is 2.51. The highest BCUT2D eigenvalue weighted by molar-refractivity contribution is 5.97. The van der Waals surface area contributed by atoms with E-state index >= 15 is 0 Å². The molecule has 2 aliphatic heterocycles. The number of ether oxygens (including phenoxy) is 2. The van der Waals surface area contributed by atoms with Gasteiger partial charge < -0.3 is 9.47 Å². The molecule has 0 N–H and O–H groups in total. The van der Waals surface area contributed by atoms with Gasteiger partial charge in [0.2, 0.25) is 0 Å². The van der Waals surface area contributed by atoms with E-state index < -0.39 is 11.2 Å². The standard InChI is InChI=1S/C25H36O4/c26-20-18(9-7-15-24(20)22(28-24)11-3-1-4-12-22)17-19-10-8-16-25(21(19)27)23(29-25)13-5-2-6-14-23/h18-19H,1-17H2/t18-,19+,24-,25-/m0/s1. The molecule has 4 aliphatic carbocycles. The summed E-state index contributed by atoms with van der Waals surface area (Å²) in [5.41, 5.74) is -1.23. The Morgan fingerprint density at radius 3 is 1.41 bits per heavy atom. The van der Waals surface area contributed by atoms with E-state index in [0.717, 1.165) is 70.6 Å². The molecule has 4 atom stereocenters. The van der Waals surface area contributed by atoms with E-state index in [1.807, 2.05) is 0 Å². The largest absolute Gasteiger partial charge is 0.354 e. The van der Waals surface area contributed by atoms with Crippen molar-refractivity contribution in [2.75, 3.05) is 0 Å². The molecule has 0 amide bonds. The van der Waals surface area contributed by atoms with Crippen LogP contribution >= 0.6 is 0 Å². The number of fused-ring (bicyclic) bond motifs is 2. The minimum Gasteiger partial charge on any atom is -0.354 e. The highest BCUT2D eigenvalue weighted by Gasteiger charge is 2.76. The summed E-state index contributed by atoms with van der Waals surface area (Å²) >= 11 is 0. The molecule has 29 heavy (non-hydrogen) atoms. The second kappa shape index (κ2) is 6.38. The van der Waals surface area contributed by atoms with Crippen molar-refractivity contribution >= 4 is 11.6 Å². The summed E-state index contributed by atoms with van der Waals surface area (Å²) in [6.07, 6.45) is 18.2. The predicted octanol–water partition coefficient (Wildman–Crippen LogP) is 5.06. The second-order valence-corrected chi connectivity index (χ2v) is 11.1. The highest BCUT2D eigenvalue weighted by Crippen LogP contribution is 2.64. The Morgan fingerprint density at radius 1 is 0.586 bits per heavy atom. The van der Waals surface area contributed by atoms with Crippen LogP contribution in [0.1, 0.15) is 109 Å². The summed E-state index contributed by atoms with van der Waals surface area (Å²) in [7, 11) is 0. The summed E-state index contributed by atoms with van der Waals surface area (Å²) in [4.78, 5) is 27.1. The van der Waals surface area contributed by atoms with Crippen LogP contribution in [0.3, 0.4) is 0 Å². The van der Waals surface area contributed by atoms with Crippen molar-refractivity contribution < 1.29 is 19.1 Å². The molecular weight excluding hydrogens is 364 g/mol. The monoisotopic (exact) mass is 400 g/mol. The summed E-state index contributed by atoms with van der Waals surface area (Å²) in [6, 6.07) is 0. The minimum absolute atomic E-state index is 0.0233. The van der Waals surface area contributed by atoms with E-state index in [2.05, 4.69) is 0 Å². The van der Waals surface area contributed by atoms with Crippen molar-refractivity contribution in [3.63, 3.8) is 0 Å². The highest BCUT2D eigenvalue weighted by atomic mass is 16.6. The normalized spacial score (nSPS) is 45.2. The molecule has 0 radical (unpaired) electrons. The van der Waals surface area contributed by atoms with Gasteiger partial charge in [0.05, 0.1) is 0 Å². The Labute approximate surface area is 174 Å². The summed E-state index contributed by atoms with van der Waals surface area (Å²) in [6.45, 7) is 0. The molecule has 2 saturated heterocycles. The van der Waals surface area contributed by atoms with E-state index in [9.17, 15) is 9.59 Å². The van der Waals surface area contributed by atoms with Gasteiger partial charge in [-0.15, -0.1) is 0 Å². The average molecular weight is 401 g/mol. The molecule has 0 aromatic carbocycles. The summed E-state index contributed by atoms with van der Waals surface area (Å²) in [5.74, 6) is 0.745. The number of Topliss-reactive ketones (excluding diaryl/α,β-unsaturated/α-hetero) is 2. The van der Waals surface area contributed by atoms with Gasteiger partial charge in [0.25, 0.3) is 0 Å². The Hall–Kier alpha value is -0.740. The van der Waals surface area contributed by atoms with Crippen molar-refractivity contribution in [3.05, 3.63) is 0 Å². The lowest BCUT2D eigenvalue weighted by molar-refractivity contribution is -0.135. The zero-order valence-electron chi connectivity index (χ0n) is 17.8. The lowest BCUT2D eigenvalue weighted by Gasteiger charge is -2.34. The van der Waals surface area contributed by atoms with E-state index in [-0.39, 0.29) is 23.0 Å². The van der Waals surface area contributed by atoms with Crippen LogP contribution in [0.15, 0.2) is 0 Å². The molecule has 4 nitrogen and oxygen atoms in total. The lowest BCUT2D eigenvalue weighted by Crippen LogP contribution is -2.46. The van der Waals surface area contributed by atoms with Gasteiger partial charge in [-0.05, 0) is 70.6 Å². The van der Waals surface area contributed by atoms with Crippen LogP contribution in [0.4, 0.5) is 0 Å². The number of epoxide rings is 2. The maximum absolute atomic E-state index is 13.6. The first-order chi connectivity index (χ1) is 14.1. The molecule has 4 saturated carbocycles. The number of hydrogen-bond acceptors (Lipinski definition) is 4. The van der Waals surface area contributed by atoms with Gasteiger partial charge in [0, 0.05) is 11.8 Å². The van der Waals surface area contributed by atoms with Crippen LogP contribution in [0.25, 0.3) is 0 Å². The van der Waals surface area contributed by atoms with Crippen LogP contribution < -0.4 is 0 Å². The third-order valence-corrected chi connectivity index (χ3v) is 9.72. The van der Waals surface area contributed by atoms with Crippen LogP contribution in [-0.4, -0.2) is 34.0 Å². The lowest BCUT2D eigenvalue weighted by atomic mass is 9.64. The fourth-order valence-corrected chi connectivity index (χ4v) is 8.14. The maximum Gasteiger partial charge on any atom is 0.170 e. The SMILES string of the molecule is O=C1[C@@H](C[C@@H]2CCC[C@]3(OC34CCCCC4)C2=O)CCC[C@]12OC21CCCCC1. The van der Waals surface area contributed by atoms with Gasteiger partial charge >= 0.3 is 0 Å². The number of ketones is 2. The van der Waals surface area contributed by atoms with E-state index in [0.29, 0.717) is 11.6 Å². The van der Waals surface area contributed by atoms with Crippen LogP contribution in [-0.2, 0) is 19.1 Å². The van der Waals surface area contributed by atoms with Crippen LogP contribution in [0, 0.1) is 11.8 Å². The number of hydrogen-bond donors (Lipinski definition) is 0. The van der Waals surface area contributed by atoms with E-state index in [1.165, 1.54) is 38.5 Å². The molecule has 2 heterocycles. The Kier molecular flexibility index (Phi) is 4.18. The Morgan fingerprint density at radius 2 is 1.00 bits per heavy atom. The van der Waals surface area contributed by atoms with Crippen molar-refractivity contribution in [1.82, 2.24) is 0 Å². The molecular formula is C25H36O4. The van der Waals surface area contributed by atoms with Crippen molar-refractivity contribution in [2.45, 2.75) is 132 Å². The van der Waals surface area contributed by atoms with Gasteiger partial charge in [-0.2, -0.15) is 0 Å². The van der Waals surface area contributed by atoms with Gasteiger partial charge in [-0.3, -0.25) is 9.59 Å². The third-order valence-electron chi connectivity index (χ3n) is 9.72. The first kappa shape index (κ1) is 19.0.